The summed E-state index contributed by atoms with van der Waals surface area (Å²) in [7, 11) is 3.13. The Morgan fingerprint density at radius 2 is 1.76 bits per heavy atom. The first-order chi connectivity index (χ1) is 16.4. The second-order valence-corrected chi connectivity index (χ2v) is 8.30. The topological polar surface area (TPSA) is 89.5 Å². The quantitative estimate of drug-likeness (QED) is 0.429. The molecule has 8 heteroatoms. The third-order valence-corrected chi connectivity index (χ3v) is 6.28. The fourth-order valence-corrected chi connectivity index (χ4v) is 4.21. The van der Waals surface area contributed by atoms with E-state index in [0.717, 1.165) is 11.1 Å². The summed E-state index contributed by atoms with van der Waals surface area (Å²) in [4.78, 5) is 26.0. The first-order valence-corrected chi connectivity index (χ1v) is 11.0. The SMILES string of the molecule is CC=C(C)C(=O)O[C@]1(Cc2ccc3c(c2)OCO3)C(=O)OC[C@H]1Cc1ccc(OC)c(OC)c1. The van der Waals surface area contributed by atoms with E-state index in [4.69, 9.17) is 28.4 Å². The molecule has 1 saturated heterocycles. The van der Waals surface area contributed by atoms with Crippen molar-refractivity contribution in [1.29, 1.82) is 0 Å². The zero-order chi connectivity index (χ0) is 24.3. The van der Waals surface area contributed by atoms with Crippen molar-refractivity contribution in [2.45, 2.75) is 32.3 Å². The Labute approximate surface area is 198 Å². The second kappa shape index (κ2) is 9.67. The summed E-state index contributed by atoms with van der Waals surface area (Å²) in [5.41, 5.74) is 0.582. The van der Waals surface area contributed by atoms with Crippen LogP contribution in [-0.4, -0.2) is 45.2 Å². The first kappa shape index (κ1) is 23.5. The van der Waals surface area contributed by atoms with Gasteiger partial charge in [0.25, 0.3) is 0 Å². The molecule has 2 aromatic carbocycles. The summed E-state index contributed by atoms with van der Waals surface area (Å²) in [6.45, 7) is 3.67. The van der Waals surface area contributed by atoms with E-state index in [0.29, 0.717) is 35.0 Å². The van der Waals surface area contributed by atoms with Crippen LogP contribution < -0.4 is 18.9 Å². The molecule has 0 aliphatic carbocycles. The van der Waals surface area contributed by atoms with Crippen LogP contribution in [0.15, 0.2) is 48.0 Å². The highest BCUT2D eigenvalue weighted by Gasteiger charge is 2.56. The highest BCUT2D eigenvalue weighted by molar-refractivity contribution is 5.92. The Balaban J connectivity index is 1.70. The van der Waals surface area contributed by atoms with Gasteiger partial charge in [0.05, 0.1) is 20.8 Å². The number of cyclic esters (lactones) is 1. The van der Waals surface area contributed by atoms with Crippen LogP contribution in [0.2, 0.25) is 0 Å². The molecule has 0 radical (unpaired) electrons. The lowest BCUT2D eigenvalue weighted by molar-refractivity contribution is -0.172. The van der Waals surface area contributed by atoms with Crippen molar-refractivity contribution in [3.05, 3.63) is 59.2 Å². The van der Waals surface area contributed by atoms with Crippen LogP contribution in [0, 0.1) is 5.92 Å². The van der Waals surface area contributed by atoms with E-state index < -0.39 is 23.5 Å². The zero-order valence-electron chi connectivity index (χ0n) is 19.7. The first-order valence-electron chi connectivity index (χ1n) is 11.0. The molecule has 0 spiro atoms. The third-order valence-electron chi connectivity index (χ3n) is 6.28. The number of hydrogen-bond donors (Lipinski definition) is 0. The molecule has 34 heavy (non-hydrogen) atoms. The Bertz CT molecular complexity index is 1120. The van der Waals surface area contributed by atoms with Crippen LogP contribution in [0.1, 0.15) is 25.0 Å². The lowest BCUT2D eigenvalue weighted by atomic mass is 9.80. The van der Waals surface area contributed by atoms with Gasteiger partial charge in [-0.05, 0) is 55.7 Å². The van der Waals surface area contributed by atoms with Gasteiger partial charge in [-0.2, -0.15) is 0 Å². The zero-order valence-corrected chi connectivity index (χ0v) is 19.7. The molecular formula is C26H28O8. The lowest BCUT2D eigenvalue weighted by Crippen LogP contribution is -2.48. The van der Waals surface area contributed by atoms with E-state index in [9.17, 15) is 9.59 Å². The Morgan fingerprint density at radius 3 is 2.50 bits per heavy atom. The summed E-state index contributed by atoms with van der Waals surface area (Å²) in [6, 6.07) is 11.0. The number of esters is 2. The summed E-state index contributed by atoms with van der Waals surface area (Å²) >= 11 is 0. The average molecular weight is 469 g/mol. The highest BCUT2D eigenvalue weighted by Crippen LogP contribution is 2.40. The maximum Gasteiger partial charge on any atom is 0.351 e. The molecule has 2 aromatic rings. The summed E-state index contributed by atoms with van der Waals surface area (Å²) in [5, 5.41) is 0. The number of carbonyl (C=O) groups is 2. The van der Waals surface area contributed by atoms with Crippen molar-refractivity contribution >= 4 is 11.9 Å². The van der Waals surface area contributed by atoms with Gasteiger partial charge in [0.1, 0.15) is 0 Å². The van der Waals surface area contributed by atoms with Gasteiger partial charge < -0.3 is 28.4 Å². The van der Waals surface area contributed by atoms with Crippen molar-refractivity contribution in [1.82, 2.24) is 0 Å². The fraction of sp³-hybridized carbons (Fsp3) is 0.385. The van der Waals surface area contributed by atoms with E-state index in [1.54, 1.807) is 52.3 Å². The Kier molecular flexibility index (Phi) is 6.68. The van der Waals surface area contributed by atoms with Gasteiger partial charge in [-0.15, -0.1) is 0 Å². The molecule has 2 atom stereocenters. The van der Waals surface area contributed by atoms with Gasteiger partial charge in [-0.25, -0.2) is 9.59 Å². The van der Waals surface area contributed by atoms with Gasteiger partial charge in [0.2, 0.25) is 12.4 Å². The molecule has 0 bridgehead atoms. The second-order valence-electron chi connectivity index (χ2n) is 8.30. The summed E-state index contributed by atoms with van der Waals surface area (Å²) in [6.07, 6.45) is 2.22. The third kappa shape index (κ3) is 4.40. The number of rotatable bonds is 8. The van der Waals surface area contributed by atoms with Crippen molar-refractivity contribution in [3.63, 3.8) is 0 Å². The molecule has 0 amide bonds. The Hall–Kier alpha value is -3.68. The molecule has 2 aliphatic heterocycles. The lowest BCUT2D eigenvalue weighted by Gasteiger charge is -2.31. The minimum absolute atomic E-state index is 0.125. The number of fused-ring (bicyclic) bond motifs is 1. The van der Waals surface area contributed by atoms with Gasteiger partial charge in [-0.3, -0.25) is 0 Å². The van der Waals surface area contributed by atoms with Crippen molar-refractivity contribution < 1.29 is 38.0 Å². The molecular weight excluding hydrogens is 440 g/mol. The van der Waals surface area contributed by atoms with Crippen LogP contribution in [0.4, 0.5) is 0 Å². The van der Waals surface area contributed by atoms with Crippen LogP contribution >= 0.6 is 0 Å². The number of hydrogen-bond acceptors (Lipinski definition) is 8. The van der Waals surface area contributed by atoms with Crippen LogP contribution in [0.25, 0.3) is 0 Å². The Morgan fingerprint density at radius 1 is 1.03 bits per heavy atom. The minimum atomic E-state index is -1.50. The number of ether oxygens (including phenoxy) is 6. The number of benzene rings is 2. The van der Waals surface area contributed by atoms with Crippen LogP contribution in [-0.2, 0) is 31.9 Å². The van der Waals surface area contributed by atoms with E-state index in [1.165, 1.54) is 0 Å². The van der Waals surface area contributed by atoms with E-state index >= 15 is 0 Å². The minimum Gasteiger partial charge on any atom is -0.493 e. The molecule has 0 unspecified atom stereocenters. The van der Waals surface area contributed by atoms with E-state index in [2.05, 4.69) is 0 Å². The maximum atomic E-state index is 13.2. The van der Waals surface area contributed by atoms with Crippen molar-refractivity contribution in [2.24, 2.45) is 5.92 Å². The molecule has 2 aliphatic rings. The van der Waals surface area contributed by atoms with Crippen LogP contribution in [0.3, 0.4) is 0 Å². The smallest absolute Gasteiger partial charge is 0.351 e. The van der Waals surface area contributed by atoms with Gasteiger partial charge in [0.15, 0.2) is 23.0 Å². The van der Waals surface area contributed by atoms with Crippen molar-refractivity contribution in [2.75, 3.05) is 27.6 Å². The molecule has 4 rings (SSSR count). The average Bonchev–Trinajstić information content (AvgIpc) is 3.43. The number of carbonyl (C=O) groups excluding carboxylic acids is 2. The predicted octanol–water partition coefficient (Wildman–Crippen LogP) is 3.64. The number of methoxy groups -OCH3 is 2. The molecule has 0 aromatic heterocycles. The summed E-state index contributed by atoms with van der Waals surface area (Å²) in [5.74, 6) is 0.867. The largest absolute Gasteiger partial charge is 0.493 e. The highest BCUT2D eigenvalue weighted by atomic mass is 16.7. The van der Waals surface area contributed by atoms with Crippen LogP contribution in [0.5, 0.6) is 23.0 Å². The standard InChI is InChI=1S/C26H28O8/c1-5-16(2)24(27)34-26(13-18-7-9-21-23(12-18)33-15-32-21)19(14-31-25(26)28)10-17-6-8-20(29-3)22(11-17)30-4/h5-9,11-12,19H,10,13-15H2,1-4H3/t19-,26+/m1/s1. The molecule has 8 nitrogen and oxygen atoms in total. The van der Waals surface area contributed by atoms with Gasteiger partial charge in [-0.1, -0.05) is 18.2 Å². The number of allylic oxidation sites excluding steroid dienone is 1. The normalized spacial score (nSPS) is 21.2. The molecule has 0 N–H and O–H groups in total. The maximum absolute atomic E-state index is 13.2. The van der Waals surface area contributed by atoms with E-state index in [1.807, 2.05) is 18.2 Å². The molecule has 0 saturated carbocycles. The predicted molar refractivity (Wildman–Crippen MR) is 122 cm³/mol. The van der Waals surface area contributed by atoms with Gasteiger partial charge in [0, 0.05) is 17.9 Å². The fourth-order valence-electron chi connectivity index (χ4n) is 4.21. The molecule has 2 heterocycles. The molecule has 1 fully saturated rings. The van der Waals surface area contributed by atoms with Crippen molar-refractivity contribution in [3.8, 4) is 23.0 Å². The monoisotopic (exact) mass is 468 g/mol. The molecule has 180 valence electrons. The summed E-state index contributed by atoms with van der Waals surface area (Å²) < 4.78 is 33.1. The van der Waals surface area contributed by atoms with E-state index in [-0.39, 0.29) is 19.8 Å². The van der Waals surface area contributed by atoms with Gasteiger partial charge >= 0.3 is 11.9 Å².